The SMILES string of the molecule is CCNC(CCc1ccc2c(c1)CCO2)CC1CC1. The Bertz CT molecular complexity index is 425. The highest BCUT2D eigenvalue weighted by atomic mass is 16.5. The van der Waals surface area contributed by atoms with Gasteiger partial charge in [-0.05, 0) is 48.9 Å². The number of benzene rings is 1. The van der Waals surface area contributed by atoms with Crippen molar-refractivity contribution in [3.63, 3.8) is 0 Å². The molecule has 1 atom stereocenters. The Hall–Kier alpha value is -1.02. The molecule has 0 radical (unpaired) electrons. The van der Waals surface area contributed by atoms with Gasteiger partial charge in [0, 0.05) is 12.5 Å². The van der Waals surface area contributed by atoms with Gasteiger partial charge in [0.1, 0.15) is 5.75 Å². The van der Waals surface area contributed by atoms with Crippen LogP contribution in [0.25, 0.3) is 0 Å². The predicted molar refractivity (Wildman–Crippen MR) is 78.8 cm³/mol. The van der Waals surface area contributed by atoms with Gasteiger partial charge in [-0.3, -0.25) is 0 Å². The highest BCUT2D eigenvalue weighted by molar-refractivity contribution is 5.39. The number of nitrogens with one attached hydrogen (secondary N) is 1. The van der Waals surface area contributed by atoms with Gasteiger partial charge in [-0.2, -0.15) is 0 Å². The molecule has 1 aliphatic carbocycles. The molecule has 0 bridgehead atoms. The van der Waals surface area contributed by atoms with Gasteiger partial charge in [-0.15, -0.1) is 0 Å². The minimum absolute atomic E-state index is 0.710. The van der Waals surface area contributed by atoms with Crippen molar-refractivity contribution in [1.29, 1.82) is 0 Å². The molecule has 1 heterocycles. The number of rotatable bonds is 7. The van der Waals surface area contributed by atoms with Crippen LogP contribution in [0.1, 0.15) is 43.7 Å². The normalized spacial score (nSPS) is 19.0. The molecule has 1 aliphatic heterocycles. The van der Waals surface area contributed by atoms with E-state index in [4.69, 9.17) is 4.74 Å². The smallest absolute Gasteiger partial charge is 0.122 e. The molecule has 1 N–H and O–H groups in total. The highest BCUT2D eigenvalue weighted by Gasteiger charge is 2.25. The third kappa shape index (κ3) is 3.50. The zero-order valence-corrected chi connectivity index (χ0v) is 12.0. The van der Waals surface area contributed by atoms with Gasteiger partial charge in [0.25, 0.3) is 0 Å². The third-order valence-electron chi connectivity index (χ3n) is 4.34. The Kier molecular flexibility index (Phi) is 4.07. The van der Waals surface area contributed by atoms with Crippen molar-refractivity contribution in [3.05, 3.63) is 29.3 Å². The van der Waals surface area contributed by atoms with Gasteiger partial charge in [0.05, 0.1) is 6.61 Å². The Morgan fingerprint density at radius 3 is 3.05 bits per heavy atom. The van der Waals surface area contributed by atoms with Crippen molar-refractivity contribution in [3.8, 4) is 5.75 Å². The fraction of sp³-hybridized carbons (Fsp3) is 0.647. The quantitative estimate of drug-likeness (QED) is 0.811. The second-order valence-corrected chi connectivity index (χ2v) is 6.01. The highest BCUT2D eigenvalue weighted by Crippen LogP contribution is 2.34. The van der Waals surface area contributed by atoms with Gasteiger partial charge >= 0.3 is 0 Å². The van der Waals surface area contributed by atoms with E-state index < -0.39 is 0 Å². The molecule has 0 spiro atoms. The van der Waals surface area contributed by atoms with Gasteiger partial charge < -0.3 is 10.1 Å². The van der Waals surface area contributed by atoms with E-state index in [1.807, 2.05) is 0 Å². The van der Waals surface area contributed by atoms with Crippen LogP contribution in [-0.4, -0.2) is 19.2 Å². The van der Waals surface area contributed by atoms with E-state index in [0.29, 0.717) is 6.04 Å². The lowest BCUT2D eigenvalue weighted by atomic mass is 9.99. The average molecular weight is 259 g/mol. The van der Waals surface area contributed by atoms with Crippen molar-refractivity contribution < 1.29 is 4.74 Å². The van der Waals surface area contributed by atoms with E-state index in [2.05, 4.69) is 30.4 Å². The number of hydrogen-bond acceptors (Lipinski definition) is 2. The first kappa shape index (κ1) is 13.0. The summed E-state index contributed by atoms with van der Waals surface area (Å²) in [5.74, 6) is 2.11. The number of aryl methyl sites for hydroxylation is 1. The maximum absolute atomic E-state index is 5.57. The van der Waals surface area contributed by atoms with Crippen LogP contribution in [0.15, 0.2) is 18.2 Å². The lowest BCUT2D eigenvalue weighted by Crippen LogP contribution is -2.29. The van der Waals surface area contributed by atoms with Gasteiger partial charge in [0.2, 0.25) is 0 Å². The third-order valence-corrected chi connectivity index (χ3v) is 4.34. The summed E-state index contributed by atoms with van der Waals surface area (Å²) in [6, 6.07) is 7.45. The standard InChI is InChI=1S/C17H25NO/c1-2-18-16(12-14-3-4-14)7-5-13-6-8-17-15(11-13)9-10-19-17/h6,8,11,14,16,18H,2-5,7,9-10,12H2,1H3. The molecule has 19 heavy (non-hydrogen) atoms. The molecule has 1 fully saturated rings. The van der Waals surface area contributed by atoms with Crippen LogP contribution < -0.4 is 10.1 Å². The zero-order valence-electron chi connectivity index (χ0n) is 12.0. The fourth-order valence-corrected chi connectivity index (χ4v) is 3.08. The first-order chi connectivity index (χ1) is 9.35. The first-order valence-corrected chi connectivity index (χ1v) is 7.83. The molecule has 1 saturated carbocycles. The lowest BCUT2D eigenvalue weighted by Gasteiger charge is -2.17. The summed E-state index contributed by atoms with van der Waals surface area (Å²) in [6.45, 7) is 4.17. The lowest BCUT2D eigenvalue weighted by molar-refractivity contribution is 0.357. The molecule has 104 valence electrons. The molecule has 0 aromatic heterocycles. The van der Waals surface area contributed by atoms with Crippen LogP contribution in [-0.2, 0) is 12.8 Å². The van der Waals surface area contributed by atoms with Gasteiger partial charge in [-0.1, -0.05) is 31.9 Å². The van der Waals surface area contributed by atoms with Crippen molar-refractivity contribution in [1.82, 2.24) is 5.32 Å². The Morgan fingerprint density at radius 2 is 2.26 bits per heavy atom. The van der Waals surface area contributed by atoms with E-state index in [9.17, 15) is 0 Å². The van der Waals surface area contributed by atoms with Crippen LogP contribution in [0.2, 0.25) is 0 Å². The molecule has 1 aromatic rings. The summed E-state index contributed by atoms with van der Waals surface area (Å²) >= 11 is 0. The van der Waals surface area contributed by atoms with Gasteiger partial charge in [0.15, 0.2) is 0 Å². The largest absolute Gasteiger partial charge is 0.493 e. The molecule has 0 saturated heterocycles. The van der Waals surface area contributed by atoms with E-state index in [1.165, 1.54) is 43.2 Å². The Labute approximate surface area is 116 Å². The van der Waals surface area contributed by atoms with Crippen LogP contribution in [0.4, 0.5) is 0 Å². The van der Waals surface area contributed by atoms with Crippen molar-refractivity contribution in [2.24, 2.45) is 5.92 Å². The number of fused-ring (bicyclic) bond motifs is 1. The van der Waals surface area contributed by atoms with Gasteiger partial charge in [-0.25, -0.2) is 0 Å². The Morgan fingerprint density at radius 1 is 1.37 bits per heavy atom. The molecule has 3 rings (SSSR count). The minimum Gasteiger partial charge on any atom is -0.493 e. The van der Waals surface area contributed by atoms with Crippen molar-refractivity contribution >= 4 is 0 Å². The summed E-state index contributed by atoms with van der Waals surface area (Å²) in [5, 5.41) is 3.65. The molecule has 1 aromatic carbocycles. The van der Waals surface area contributed by atoms with Crippen LogP contribution in [0.3, 0.4) is 0 Å². The predicted octanol–water partition coefficient (Wildman–Crippen LogP) is 3.33. The molecule has 0 amide bonds. The van der Waals surface area contributed by atoms with E-state index in [1.54, 1.807) is 0 Å². The molecule has 2 heteroatoms. The van der Waals surface area contributed by atoms with Crippen LogP contribution in [0, 0.1) is 5.92 Å². The zero-order chi connectivity index (χ0) is 13.1. The van der Waals surface area contributed by atoms with E-state index in [0.717, 1.165) is 31.2 Å². The first-order valence-electron chi connectivity index (χ1n) is 7.83. The monoisotopic (exact) mass is 259 g/mol. The van der Waals surface area contributed by atoms with Crippen LogP contribution in [0.5, 0.6) is 5.75 Å². The van der Waals surface area contributed by atoms with E-state index in [-0.39, 0.29) is 0 Å². The second-order valence-electron chi connectivity index (χ2n) is 6.01. The average Bonchev–Trinajstić information content (AvgIpc) is 3.11. The molecule has 2 aliphatic rings. The van der Waals surface area contributed by atoms with Crippen LogP contribution >= 0.6 is 0 Å². The summed E-state index contributed by atoms with van der Waals surface area (Å²) in [6.07, 6.45) is 7.83. The minimum atomic E-state index is 0.710. The molecular weight excluding hydrogens is 234 g/mol. The molecular formula is C17H25NO. The molecule has 2 nitrogen and oxygen atoms in total. The number of hydrogen-bond donors (Lipinski definition) is 1. The topological polar surface area (TPSA) is 21.3 Å². The summed E-state index contributed by atoms with van der Waals surface area (Å²) in [7, 11) is 0. The van der Waals surface area contributed by atoms with Crippen molar-refractivity contribution in [2.45, 2.75) is 51.5 Å². The van der Waals surface area contributed by atoms with E-state index >= 15 is 0 Å². The maximum atomic E-state index is 5.57. The summed E-state index contributed by atoms with van der Waals surface area (Å²) < 4.78 is 5.57. The molecule has 1 unspecified atom stereocenters. The summed E-state index contributed by atoms with van der Waals surface area (Å²) in [4.78, 5) is 0. The summed E-state index contributed by atoms with van der Waals surface area (Å²) in [5.41, 5.74) is 2.88. The maximum Gasteiger partial charge on any atom is 0.122 e. The fourth-order valence-electron chi connectivity index (χ4n) is 3.08. The second kappa shape index (κ2) is 5.96. The Balaban J connectivity index is 1.54. The number of ether oxygens (including phenoxy) is 1. The van der Waals surface area contributed by atoms with Crippen molar-refractivity contribution in [2.75, 3.05) is 13.2 Å².